The van der Waals surface area contributed by atoms with E-state index in [1.54, 1.807) is 0 Å². The molecule has 0 radical (unpaired) electrons. The second-order valence-corrected chi connectivity index (χ2v) is 18.8. The lowest BCUT2D eigenvalue weighted by atomic mass is 9.77. The maximum atomic E-state index is 16.3. The highest BCUT2D eigenvalue weighted by molar-refractivity contribution is 6.32. The van der Waals surface area contributed by atoms with E-state index in [4.69, 9.17) is 58.5 Å². The molecule has 4 unspecified atom stereocenters. The molecular formula is C51H36Cl3F9N4O11. The number of esters is 1. The smallest absolute Gasteiger partial charge is 0.433 e. The minimum absolute atomic E-state index is 0.0147. The molecule has 0 saturated heterocycles. The van der Waals surface area contributed by atoms with Crippen LogP contribution in [-0.2, 0) is 31.7 Å². The Hall–Kier alpha value is -7.54. The second-order valence-electron chi connectivity index (χ2n) is 17.6. The Morgan fingerprint density at radius 2 is 1.17 bits per heavy atom. The summed E-state index contributed by atoms with van der Waals surface area (Å²) in [6.45, 7) is 1.25. The number of pyridine rings is 2. The highest BCUT2D eigenvalue weighted by Gasteiger charge is 2.64. The van der Waals surface area contributed by atoms with Gasteiger partial charge < -0.3 is 43.7 Å². The molecule has 27 heteroatoms. The van der Waals surface area contributed by atoms with Gasteiger partial charge in [0, 0.05) is 59.9 Å². The lowest BCUT2D eigenvalue weighted by Crippen LogP contribution is -2.50. The minimum Gasteiger partial charge on any atom is -0.482 e. The first-order valence-corrected chi connectivity index (χ1v) is 23.6. The highest BCUT2D eigenvalue weighted by atomic mass is 35.5. The number of hydrogen-bond donors (Lipinski definition) is 2. The van der Waals surface area contributed by atoms with Gasteiger partial charge in [0.05, 0.1) is 28.1 Å². The molecule has 4 aromatic carbocycles. The van der Waals surface area contributed by atoms with Crippen LogP contribution in [0.3, 0.4) is 0 Å². The van der Waals surface area contributed by atoms with Crippen molar-refractivity contribution in [2.45, 2.75) is 55.4 Å². The molecule has 0 spiro atoms. The van der Waals surface area contributed by atoms with E-state index in [9.17, 15) is 55.7 Å². The normalized spacial score (nSPS) is 16.1. The Balaban J connectivity index is 1.10. The van der Waals surface area contributed by atoms with Crippen molar-refractivity contribution in [2.75, 3.05) is 37.1 Å². The number of aromatic nitrogens is 2. The molecule has 2 N–H and O–H groups in total. The second kappa shape index (κ2) is 20.7. The van der Waals surface area contributed by atoms with E-state index in [1.807, 2.05) is 0 Å². The molecule has 8 rings (SSSR count). The van der Waals surface area contributed by atoms with Crippen LogP contribution in [0.2, 0.25) is 15.2 Å². The first-order chi connectivity index (χ1) is 36.4. The average molecular weight is 1160 g/mol. The number of carboxylic acid groups (broad SMARTS) is 1. The molecule has 2 aliphatic heterocycles. The van der Waals surface area contributed by atoms with Gasteiger partial charge in [0.25, 0.3) is 11.8 Å². The van der Waals surface area contributed by atoms with Crippen LogP contribution in [0, 0.1) is 0 Å². The van der Waals surface area contributed by atoms with Crippen LogP contribution in [0.4, 0.5) is 50.9 Å². The molecule has 6 aromatic rings. The van der Waals surface area contributed by atoms with E-state index in [0.29, 0.717) is 12.3 Å². The largest absolute Gasteiger partial charge is 0.482 e. The van der Waals surface area contributed by atoms with Gasteiger partial charge in [-0.1, -0.05) is 72.9 Å². The van der Waals surface area contributed by atoms with Gasteiger partial charge in [-0.05, 0) is 71.3 Å². The Kier molecular flexibility index (Phi) is 15.0. The predicted molar refractivity (Wildman–Crippen MR) is 259 cm³/mol. The summed E-state index contributed by atoms with van der Waals surface area (Å²) in [6.07, 6.45) is -15.7. The maximum absolute atomic E-state index is 16.3. The Morgan fingerprint density at radius 1 is 0.654 bits per heavy atom. The summed E-state index contributed by atoms with van der Waals surface area (Å²) in [7, 11) is 2.59. The van der Waals surface area contributed by atoms with Crippen molar-refractivity contribution in [1.29, 1.82) is 0 Å². The summed E-state index contributed by atoms with van der Waals surface area (Å²) in [5.74, 6) is -10.3. The van der Waals surface area contributed by atoms with E-state index in [0.717, 1.165) is 103 Å². The van der Waals surface area contributed by atoms with Crippen LogP contribution in [0.25, 0.3) is 0 Å². The van der Waals surface area contributed by atoms with Gasteiger partial charge >= 0.3 is 30.5 Å². The van der Waals surface area contributed by atoms with Crippen molar-refractivity contribution >= 4 is 69.9 Å². The number of halogens is 12. The standard InChI is InChI=1S/C51H36Cl3F9N4O11/c1-23(47(73,50(58,59)60)25-5-12-38-36(15-25)66(3)42(68)21-74-38)29-9-7-27(17-34(29)52)76-40-14-11-31(44(54)65-40)46(72)78-48(51(61,62)63,26-6-13-39-37(16-26)67(4)43(69)22-75-39)24(2)30-10-8-28(18-35(30)53)77-41-19-33(49(55,56)57)32(20-64-41)45(70)71/h5-20,23-24,73H,21-22H2,1-4H3,(H,70,71). The van der Waals surface area contributed by atoms with E-state index < -0.39 is 122 Å². The maximum Gasteiger partial charge on any atom is 0.433 e. The number of carbonyl (C=O) groups excluding carboxylic acids is 3. The number of benzene rings is 4. The number of likely N-dealkylation sites (N-methyl/N-ethyl adjacent to an activating group) is 2. The molecule has 2 aliphatic rings. The van der Waals surface area contributed by atoms with Crippen molar-refractivity contribution < 1.29 is 92.6 Å². The highest BCUT2D eigenvalue weighted by Crippen LogP contribution is 2.56. The quantitative estimate of drug-likeness (QED) is 0.0632. The van der Waals surface area contributed by atoms with Gasteiger partial charge in [-0.25, -0.2) is 19.6 Å². The van der Waals surface area contributed by atoms with E-state index in [1.165, 1.54) is 20.2 Å². The van der Waals surface area contributed by atoms with Crippen molar-refractivity contribution in [3.63, 3.8) is 0 Å². The molecule has 2 amide bonds. The number of fused-ring (bicyclic) bond motifs is 2. The molecule has 0 fully saturated rings. The van der Waals surface area contributed by atoms with Gasteiger partial charge in [-0.2, -0.15) is 39.5 Å². The third-order valence-corrected chi connectivity index (χ3v) is 14.0. The van der Waals surface area contributed by atoms with Crippen LogP contribution in [0.15, 0.2) is 97.2 Å². The number of amides is 2. The zero-order valence-corrected chi connectivity index (χ0v) is 42.5. The molecular weight excluding hydrogens is 1120 g/mol. The minimum atomic E-state index is -5.58. The zero-order valence-electron chi connectivity index (χ0n) is 40.2. The first-order valence-electron chi connectivity index (χ1n) is 22.5. The number of aromatic carboxylic acids is 1. The van der Waals surface area contributed by atoms with Crippen molar-refractivity contribution in [3.05, 3.63) is 151 Å². The lowest BCUT2D eigenvalue weighted by Gasteiger charge is -2.41. The van der Waals surface area contributed by atoms with E-state index >= 15 is 13.2 Å². The van der Waals surface area contributed by atoms with E-state index in [-0.39, 0.29) is 57.1 Å². The fourth-order valence-corrected chi connectivity index (χ4v) is 9.68. The summed E-state index contributed by atoms with van der Waals surface area (Å²) in [5, 5.41) is 19.1. The molecule has 2 aromatic heterocycles. The monoisotopic (exact) mass is 1160 g/mol. The molecule has 4 atom stereocenters. The van der Waals surface area contributed by atoms with Crippen LogP contribution in [0.1, 0.15) is 74.2 Å². The van der Waals surface area contributed by atoms with Gasteiger partial charge in [0.15, 0.2) is 18.8 Å². The Morgan fingerprint density at radius 3 is 1.65 bits per heavy atom. The summed E-state index contributed by atoms with van der Waals surface area (Å²) in [5.41, 5.74) is -13.1. The first kappa shape index (κ1) is 56.7. The number of hydrogen-bond acceptors (Lipinski definition) is 12. The van der Waals surface area contributed by atoms with Gasteiger partial charge in [0.1, 0.15) is 28.2 Å². The number of rotatable bonds is 13. The number of anilines is 2. The fraction of sp³-hybridized carbons (Fsp3) is 0.255. The fourth-order valence-electron chi connectivity index (χ4n) is 8.79. The molecule has 4 heterocycles. The molecule has 15 nitrogen and oxygen atoms in total. The number of alkyl halides is 9. The average Bonchev–Trinajstić information content (AvgIpc) is 3.42. The summed E-state index contributed by atoms with van der Waals surface area (Å²) >= 11 is 19.5. The number of ether oxygens (including phenoxy) is 5. The number of nitrogens with zero attached hydrogens (tertiary/aromatic N) is 4. The third kappa shape index (κ3) is 10.4. The molecule has 0 bridgehead atoms. The number of carbonyl (C=O) groups is 4. The Bertz CT molecular complexity index is 3420. The topological polar surface area (TPSA) is 187 Å². The number of aliphatic hydroxyl groups is 1. The third-order valence-electron chi connectivity index (χ3n) is 13.1. The zero-order chi connectivity index (χ0) is 57.2. The molecule has 0 saturated carbocycles. The predicted octanol–water partition coefficient (Wildman–Crippen LogP) is 12.4. The van der Waals surface area contributed by atoms with Crippen LogP contribution >= 0.6 is 34.8 Å². The summed E-state index contributed by atoms with van der Waals surface area (Å²) < 4.78 is 162. The van der Waals surface area contributed by atoms with E-state index in [2.05, 4.69) is 9.97 Å². The summed E-state index contributed by atoms with van der Waals surface area (Å²) in [4.78, 5) is 60.2. The molecule has 0 aliphatic carbocycles. The van der Waals surface area contributed by atoms with Crippen molar-refractivity contribution in [3.8, 4) is 34.8 Å². The van der Waals surface area contributed by atoms with Gasteiger partial charge in [0.2, 0.25) is 17.4 Å². The van der Waals surface area contributed by atoms with Crippen LogP contribution in [-0.4, -0.2) is 83.6 Å². The lowest BCUT2D eigenvalue weighted by molar-refractivity contribution is -0.274. The van der Waals surface area contributed by atoms with Crippen LogP contribution < -0.4 is 28.7 Å². The van der Waals surface area contributed by atoms with Crippen molar-refractivity contribution in [1.82, 2.24) is 9.97 Å². The molecule has 410 valence electrons. The van der Waals surface area contributed by atoms with Crippen molar-refractivity contribution in [2.24, 2.45) is 0 Å². The van der Waals surface area contributed by atoms with Gasteiger partial charge in [-0.3, -0.25) is 9.59 Å². The number of carboxylic acids is 1. The molecule has 78 heavy (non-hydrogen) atoms. The Labute approximate surface area is 449 Å². The van der Waals surface area contributed by atoms with Crippen LogP contribution in [0.5, 0.6) is 34.8 Å². The van der Waals surface area contributed by atoms with Gasteiger partial charge in [-0.15, -0.1) is 0 Å². The summed E-state index contributed by atoms with van der Waals surface area (Å²) in [6, 6.07) is 14.6. The SMILES string of the molecule is CC(c1ccc(Oc2ccc(C(=O)OC(c3ccc4c(c3)N(C)C(=O)CO4)(C(C)c3ccc(Oc4cc(C(F)(F)F)c(C(=O)O)cn4)cc3Cl)C(F)(F)F)c(Cl)n2)cc1Cl)C(O)(c1ccc2c(c1)N(C)C(=O)CO2)C(F)(F)F.